The van der Waals surface area contributed by atoms with Gasteiger partial charge in [-0.2, -0.15) is 0 Å². The summed E-state index contributed by atoms with van der Waals surface area (Å²) < 4.78 is 5.48. The summed E-state index contributed by atoms with van der Waals surface area (Å²) in [5.74, 6) is 0.567. The van der Waals surface area contributed by atoms with Crippen LogP contribution in [0.15, 0.2) is 30.3 Å². The topological polar surface area (TPSA) is 35.2 Å². The van der Waals surface area contributed by atoms with E-state index in [4.69, 9.17) is 10.5 Å². The summed E-state index contributed by atoms with van der Waals surface area (Å²) >= 11 is 0. The van der Waals surface area contributed by atoms with Crippen LogP contribution < -0.4 is 5.73 Å². The highest BCUT2D eigenvalue weighted by molar-refractivity contribution is 5.14. The van der Waals surface area contributed by atoms with Gasteiger partial charge in [0.25, 0.3) is 0 Å². The maximum atomic E-state index is 6.22. The van der Waals surface area contributed by atoms with Gasteiger partial charge in [0.1, 0.15) is 0 Å². The molecular formula is C14H21NO. The van der Waals surface area contributed by atoms with E-state index < -0.39 is 0 Å². The van der Waals surface area contributed by atoms with E-state index in [2.05, 4.69) is 30.3 Å². The Kier molecular flexibility index (Phi) is 4.37. The minimum absolute atomic E-state index is 0.292. The van der Waals surface area contributed by atoms with Crippen molar-refractivity contribution in [2.24, 2.45) is 11.7 Å². The van der Waals surface area contributed by atoms with E-state index >= 15 is 0 Å². The van der Waals surface area contributed by atoms with Crippen LogP contribution in [0.5, 0.6) is 0 Å². The molecule has 16 heavy (non-hydrogen) atoms. The van der Waals surface area contributed by atoms with Gasteiger partial charge in [0.15, 0.2) is 0 Å². The van der Waals surface area contributed by atoms with Crippen molar-refractivity contribution in [1.82, 2.24) is 0 Å². The van der Waals surface area contributed by atoms with Crippen molar-refractivity contribution in [3.63, 3.8) is 0 Å². The first-order chi connectivity index (χ1) is 7.86. The van der Waals surface area contributed by atoms with E-state index in [0.717, 1.165) is 26.1 Å². The van der Waals surface area contributed by atoms with Crippen LogP contribution in [0.1, 0.15) is 24.8 Å². The van der Waals surface area contributed by atoms with Gasteiger partial charge in [-0.1, -0.05) is 30.3 Å². The molecule has 1 heterocycles. The standard InChI is InChI=1S/C14H21NO/c15-14(13-7-4-10-16-11-13)9-8-12-5-2-1-3-6-12/h1-3,5-6,13-14H,4,7-11,15H2. The molecule has 0 spiro atoms. The van der Waals surface area contributed by atoms with Crippen LogP contribution in [0.4, 0.5) is 0 Å². The summed E-state index contributed by atoms with van der Waals surface area (Å²) in [4.78, 5) is 0. The van der Waals surface area contributed by atoms with Crippen molar-refractivity contribution < 1.29 is 4.74 Å². The summed E-state index contributed by atoms with van der Waals surface area (Å²) in [6.45, 7) is 1.78. The first kappa shape index (κ1) is 11.6. The molecule has 0 bridgehead atoms. The smallest absolute Gasteiger partial charge is 0.0509 e. The Hall–Kier alpha value is -0.860. The molecule has 1 aromatic carbocycles. The molecule has 1 aliphatic rings. The second-order valence-electron chi connectivity index (χ2n) is 4.67. The average Bonchev–Trinajstić information content (AvgIpc) is 2.38. The highest BCUT2D eigenvalue weighted by Crippen LogP contribution is 2.19. The number of ether oxygens (including phenoxy) is 1. The predicted octanol–water partition coefficient (Wildman–Crippen LogP) is 2.37. The fourth-order valence-corrected chi connectivity index (χ4v) is 2.32. The van der Waals surface area contributed by atoms with Crippen molar-refractivity contribution in [2.75, 3.05) is 13.2 Å². The fourth-order valence-electron chi connectivity index (χ4n) is 2.32. The molecule has 1 fully saturated rings. The lowest BCUT2D eigenvalue weighted by molar-refractivity contribution is 0.0439. The summed E-state index contributed by atoms with van der Waals surface area (Å²) in [6.07, 6.45) is 4.55. The molecule has 88 valence electrons. The number of hydrogen-bond donors (Lipinski definition) is 1. The Morgan fingerprint density at radius 2 is 2.12 bits per heavy atom. The molecule has 2 nitrogen and oxygen atoms in total. The molecule has 0 radical (unpaired) electrons. The SMILES string of the molecule is NC(CCc1ccccc1)C1CCCOC1. The number of aryl methyl sites for hydroxylation is 1. The lowest BCUT2D eigenvalue weighted by atomic mass is 9.90. The van der Waals surface area contributed by atoms with Gasteiger partial charge < -0.3 is 10.5 Å². The number of hydrogen-bond acceptors (Lipinski definition) is 2. The zero-order chi connectivity index (χ0) is 11.2. The molecule has 2 rings (SSSR count). The summed E-state index contributed by atoms with van der Waals surface area (Å²) in [6, 6.07) is 10.9. The molecule has 2 N–H and O–H groups in total. The zero-order valence-electron chi connectivity index (χ0n) is 9.77. The van der Waals surface area contributed by atoms with Gasteiger partial charge in [0, 0.05) is 12.6 Å². The van der Waals surface area contributed by atoms with E-state index in [1.807, 2.05) is 0 Å². The van der Waals surface area contributed by atoms with E-state index in [1.54, 1.807) is 0 Å². The van der Waals surface area contributed by atoms with Crippen LogP contribution >= 0.6 is 0 Å². The van der Waals surface area contributed by atoms with Crippen LogP contribution in [0.2, 0.25) is 0 Å². The van der Waals surface area contributed by atoms with Gasteiger partial charge in [-0.15, -0.1) is 0 Å². The van der Waals surface area contributed by atoms with E-state index in [1.165, 1.54) is 18.4 Å². The fraction of sp³-hybridized carbons (Fsp3) is 0.571. The van der Waals surface area contributed by atoms with Crippen molar-refractivity contribution >= 4 is 0 Å². The van der Waals surface area contributed by atoms with Crippen molar-refractivity contribution in [3.8, 4) is 0 Å². The maximum absolute atomic E-state index is 6.22. The van der Waals surface area contributed by atoms with Crippen molar-refractivity contribution in [2.45, 2.75) is 31.7 Å². The molecule has 2 atom stereocenters. The Morgan fingerprint density at radius 1 is 1.31 bits per heavy atom. The van der Waals surface area contributed by atoms with E-state index in [9.17, 15) is 0 Å². The highest BCUT2D eigenvalue weighted by Gasteiger charge is 2.20. The van der Waals surface area contributed by atoms with Crippen LogP contribution in [0, 0.1) is 5.92 Å². The maximum Gasteiger partial charge on any atom is 0.0509 e. The number of rotatable bonds is 4. The molecule has 2 heteroatoms. The molecule has 1 aliphatic heterocycles. The lowest BCUT2D eigenvalue weighted by Crippen LogP contribution is -2.36. The molecule has 1 aromatic rings. The second kappa shape index (κ2) is 6.02. The minimum Gasteiger partial charge on any atom is -0.381 e. The third kappa shape index (κ3) is 3.32. The molecule has 0 aliphatic carbocycles. The zero-order valence-corrected chi connectivity index (χ0v) is 9.77. The first-order valence-corrected chi connectivity index (χ1v) is 6.23. The molecular weight excluding hydrogens is 198 g/mol. The van der Waals surface area contributed by atoms with E-state index in [-0.39, 0.29) is 0 Å². The lowest BCUT2D eigenvalue weighted by Gasteiger charge is -2.27. The van der Waals surface area contributed by atoms with Gasteiger partial charge >= 0.3 is 0 Å². The minimum atomic E-state index is 0.292. The largest absolute Gasteiger partial charge is 0.381 e. The molecule has 0 saturated carbocycles. The third-order valence-electron chi connectivity index (χ3n) is 3.41. The van der Waals surface area contributed by atoms with Crippen molar-refractivity contribution in [3.05, 3.63) is 35.9 Å². The van der Waals surface area contributed by atoms with Gasteiger partial charge in [-0.25, -0.2) is 0 Å². The molecule has 2 unspecified atom stereocenters. The molecule has 0 aromatic heterocycles. The first-order valence-electron chi connectivity index (χ1n) is 6.23. The molecule has 0 amide bonds. The third-order valence-corrected chi connectivity index (χ3v) is 3.41. The highest BCUT2D eigenvalue weighted by atomic mass is 16.5. The summed E-state index contributed by atoms with van der Waals surface area (Å²) in [5, 5.41) is 0. The Morgan fingerprint density at radius 3 is 2.81 bits per heavy atom. The van der Waals surface area contributed by atoms with Crippen LogP contribution in [-0.2, 0) is 11.2 Å². The van der Waals surface area contributed by atoms with Gasteiger partial charge in [0.2, 0.25) is 0 Å². The van der Waals surface area contributed by atoms with Crippen LogP contribution in [-0.4, -0.2) is 19.3 Å². The Labute approximate surface area is 97.8 Å². The van der Waals surface area contributed by atoms with E-state index in [0.29, 0.717) is 12.0 Å². The van der Waals surface area contributed by atoms with Crippen LogP contribution in [0.3, 0.4) is 0 Å². The van der Waals surface area contributed by atoms with Gasteiger partial charge in [-0.3, -0.25) is 0 Å². The number of nitrogens with two attached hydrogens (primary N) is 1. The normalized spacial score (nSPS) is 22.9. The van der Waals surface area contributed by atoms with Crippen LogP contribution in [0.25, 0.3) is 0 Å². The monoisotopic (exact) mass is 219 g/mol. The quantitative estimate of drug-likeness (QED) is 0.843. The second-order valence-corrected chi connectivity index (χ2v) is 4.67. The summed E-state index contributed by atoms with van der Waals surface area (Å²) in [5.41, 5.74) is 7.60. The molecule has 1 saturated heterocycles. The average molecular weight is 219 g/mol. The Bertz CT molecular complexity index is 293. The predicted molar refractivity (Wildman–Crippen MR) is 66.3 cm³/mol. The summed E-state index contributed by atoms with van der Waals surface area (Å²) in [7, 11) is 0. The van der Waals surface area contributed by atoms with Crippen molar-refractivity contribution in [1.29, 1.82) is 0 Å². The number of benzene rings is 1. The van der Waals surface area contributed by atoms with Gasteiger partial charge in [-0.05, 0) is 37.2 Å². The van der Waals surface area contributed by atoms with Gasteiger partial charge in [0.05, 0.1) is 6.61 Å². The Balaban J connectivity index is 1.76.